The van der Waals surface area contributed by atoms with E-state index in [1.54, 1.807) is 91.0 Å². The topological polar surface area (TPSA) is 101 Å². The van der Waals surface area contributed by atoms with Crippen molar-refractivity contribution in [1.29, 1.82) is 0 Å². The van der Waals surface area contributed by atoms with E-state index in [9.17, 15) is 39.0 Å². The van der Waals surface area contributed by atoms with Gasteiger partial charge in [0.15, 0.2) is 11.6 Å². The monoisotopic (exact) mass is 637 g/mol. The summed E-state index contributed by atoms with van der Waals surface area (Å²) in [5.41, 5.74) is 0.845. The minimum absolute atomic E-state index is 0.0350. The second-order valence-electron chi connectivity index (χ2n) is 9.64. The van der Waals surface area contributed by atoms with E-state index in [-0.39, 0.29) is 11.1 Å². The Hall–Kier alpha value is -4.78. The molecule has 0 heterocycles. The van der Waals surface area contributed by atoms with Crippen LogP contribution in [0.4, 0.5) is 17.6 Å². The molecule has 0 fully saturated rings. The van der Waals surface area contributed by atoms with Gasteiger partial charge in [-0.3, -0.25) is 0 Å². The van der Waals surface area contributed by atoms with E-state index in [2.05, 4.69) is 0 Å². The Morgan fingerprint density at radius 1 is 0.477 bits per heavy atom. The van der Waals surface area contributed by atoms with Crippen molar-refractivity contribution in [3.8, 4) is 28.0 Å². The summed E-state index contributed by atoms with van der Waals surface area (Å²) in [5, 5.41) is 2.70. The largest absolute Gasteiger partial charge is 0.744 e. The maximum absolute atomic E-state index is 15.0. The highest BCUT2D eigenvalue weighted by Crippen LogP contribution is 2.43. The van der Waals surface area contributed by atoms with Gasteiger partial charge in [0, 0.05) is 11.1 Å². The molecule has 12 heteroatoms. The van der Waals surface area contributed by atoms with Gasteiger partial charge >= 0.3 is 10.1 Å². The standard InChI is InChI=1S/C32H18F4O6S2/c33-26-28(35)32(43(37,38)39)29(36)27(34)30(26)42-44(40,41)31-24(22-14-5-10-18-8-1-3-12-20(18)22)16-7-17-25(31)23-15-6-11-19-9-2-4-13-21(19)23/h1-17H,(H,37,38,39)/p-1. The van der Waals surface area contributed by atoms with Crippen LogP contribution >= 0.6 is 0 Å². The van der Waals surface area contributed by atoms with Crippen LogP contribution in [0.3, 0.4) is 0 Å². The third-order valence-electron chi connectivity index (χ3n) is 7.05. The van der Waals surface area contributed by atoms with Crippen molar-refractivity contribution in [1.82, 2.24) is 0 Å². The summed E-state index contributed by atoms with van der Waals surface area (Å²) in [6.45, 7) is 0. The van der Waals surface area contributed by atoms with Gasteiger partial charge < -0.3 is 8.74 Å². The second-order valence-corrected chi connectivity index (χ2v) is 12.4. The van der Waals surface area contributed by atoms with Crippen molar-refractivity contribution in [2.75, 3.05) is 0 Å². The zero-order chi connectivity index (χ0) is 31.4. The van der Waals surface area contributed by atoms with Gasteiger partial charge in [-0.25, -0.2) is 17.2 Å². The number of hydrogen-bond donors (Lipinski definition) is 0. The number of benzene rings is 6. The van der Waals surface area contributed by atoms with Crippen molar-refractivity contribution in [3.05, 3.63) is 126 Å². The normalized spacial score (nSPS) is 12.1. The van der Waals surface area contributed by atoms with Crippen molar-refractivity contribution in [2.24, 2.45) is 0 Å². The predicted molar refractivity (Wildman–Crippen MR) is 154 cm³/mol. The van der Waals surface area contributed by atoms with Gasteiger partial charge in [0.1, 0.15) is 19.9 Å². The molecule has 0 aliphatic heterocycles. The summed E-state index contributed by atoms with van der Waals surface area (Å²) >= 11 is 0. The van der Waals surface area contributed by atoms with Crippen LogP contribution in [0.1, 0.15) is 0 Å². The first-order valence-electron chi connectivity index (χ1n) is 12.8. The molecule has 0 N–H and O–H groups in total. The Balaban J connectivity index is 1.67. The van der Waals surface area contributed by atoms with Gasteiger partial charge in [-0.15, -0.1) is 0 Å². The summed E-state index contributed by atoms with van der Waals surface area (Å²) in [4.78, 5) is -3.03. The summed E-state index contributed by atoms with van der Waals surface area (Å²) in [6.07, 6.45) is 0. The lowest BCUT2D eigenvalue weighted by Crippen LogP contribution is -2.17. The molecular formula is C32H17F4O6S2-. The third-order valence-corrected chi connectivity index (χ3v) is 9.23. The zero-order valence-electron chi connectivity index (χ0n) is 22.1. The lowest BCUT2D eigenvalue weighted by Gasteiger charge is -2.19. The average Bonchev–Trinajstić information content (AvgIpc) is 3.00. The van der Waals surface area contributed by atoms with Gasteiger partial charge in [-0.2, -0.15) is 17.2 Å². The van der Waals surface area contributed by atoms with E-state index in [1.165, 1.54) is 12.1 Å². The van der Waals surface area contributed by atoms with E-state index < -0.39 is 59.0 Å². The van der Waals surface area contributed by atoms with Crippen molar-refractivity contribution >= 4 is 41.8 Å². The molecule has 0 saturated heterocycles. The van der Waals surface area contributed by atoms with Crippen LogP contribution in [-0.2, 0) is 20.2 Å². The first kappa shape index (κ1) is 29.3. The molecule has 0 bridgehead atoms. The number of hydrogen-bond acceptors (Lipinski definition) is 6. The Kier molecular flexibility index (Phi) is 7.15. The highest BCUT2D eigenvalue weighted by molar-refractivity contribution is 7.87. The maximum Gasteiger partial charge on any atom is 0.340 e. The number of halogens is 4. The average molecular weight is 638 g/mol. The number of fused-ring (bicyclic) bond motifs is 2. The van der Waals surface area contributed by atoms with Crippen molar-refractivity contribution < 1.29 is 43.1 Å². The van der Waals surface area contributed by atoms with E-state index in [0.717, 1.165) is 10.8 Å². The first-order valence-corrected chi connectivity index (χ1v) is 15.6. The molecule has 0 radical (unpaired) electrons. The molecule has 0 aromatic heterocycles. The third kappa shape index (κ3) is 4.86. The Morgan fingerprint density at radius 3 is 1.32 bits per heavy atom. The molecule has 0 amide bonds. The lowest BCUT2D eigenvalue weighted by atomic mass is 9.93. The van der Waals surface area contributed by atoms with Crippen LogP contribution in [0.15, 0.2) is 113 Å². The van der Waals surface area contributed by atoms with Crippen LogP contribution in [-0.4, -0.2) is 21.4 Å². The van der Waals surface area contributed by atoms with Gasteiger partial charge in [0.2, 0.25) is 17.4 Å². The Morgan fingerprint density at radius 2 is 0.864 bits per heavy atom. The fourth-order valence-corrected chi connectivity index (χ4v) is 7.15. The quantitative estimate of drug-likeness (QED) is 0.0809. The van der Waals surface area contributed by atoms with E-state index >= 15 is 0 Å². The van der Waals surface area contributed by atoms with Crippen LogP contribution in [0.2, 0.25) is 0 Å². The van der Waals surface area contributed by atoms with Gasteiger partial charge in [-0.05, 0) is 32.7 Å². The summed E-state index contributed by atoms with van der Waals surface area (Å²) in [5.74, 6) is -12.4. The van der Waals surface area contributed by atoms with Crippen molar-refractivity contribution in [3.63, 3.8) is 0 Å². The minimum Gasteiger partial charge on any atom is -0.744 e. The molecule has 0 spiro atoms. The molecule has 0 aliphatic rings. The predicted octanol–water partition coefficient (Wildman–Crippen LogP) is 7.56. The van der Waals surface area contributed by atoms with E-state index in [0.29, 0.717) is 21.9 Å². The fourth-order valence-electron chi connectivity index (χ4n) is 5.19. The van der Waals surface area contributed by atoms with Crippen LogP contribution in [0.5, 0.6) is 5.75 Å². The molecule has 0 atom stereocenters. The second kappa shape index (κ2) is 10.7. The number of rotatable bonds is 6. The Bertz CT molecular complexity index is 2220. The SMILES string of the molecule is O=S(=O)([O-])c1c(F)c(F)c(OS(=O)(=O)c2c(-c3cccc4ccccc34)cccc2-c2cccc3ccccc23)c(F)c1F. The molecule has 6 aromatic rings. The van der Waals surface area contributed by atoms with E-state index in [4.69, 9.17) is 4.18 Å². The van der Waals surface area contributed by atoms with Crippen LogP contribution < -0.4 is 4.18 Å². The van der Waals surface area contributed by atoms with Gasteiger partial charge in [-0.1, -0.05) is 103 Å². The zero-order valence-corrected chi connectivity index (χ0v) is 23.7. The lowest BCUT2D eigenvalue weighted by molar-refractivity contribution is 0.363. The molecular weight excluding hydrogens is 620 g/mol. The smallest absolute Gasteiger partial charge is 0.340 e. The Labute approximate surface area is 248 Å². The summed E-state index contributed by atoms with van der Waals surface area (Å²) in [7, 11) is -11.4. The first-order chi connectivity index (χ1) is 20.9. The maximum atomic E-state index is 15.0. The van der Waals surface area contributed by atoms with Gasteiger partial charge in [0.05, 0.1) is 0 Å². The molecule has 44 heavy (non-hydrogen) atoms. The minimum atomic E-state index is -6.03. The van der Waals surface area contributed by atoms with Crippen LogP contribution in [0.25, 0.3) is 43.8 Å². The molecule has 0 saturated carbocycles. The fraction of sp³-hybridized carbons (Fsp3) is 0. The van der Waals surface area contributed by atoms with E-state index in [1.807, 2.05) is 0 Å². The molecule has 0 aliphatic carbocycles. The molecule has 6 nitrogen and oxygen atoms in total. The molecule has 222 valence electrons. The van der Waals surface area contributed by atoms with Crippen molar-refractivity contribution in [2.45, 2.75) is 9.79 Å². The highest BCUT2D eigenvalue weighted by Gasteiger charge is 2.35. The summed E-state index contributed by atoms with van der Waals surface area (Å²) in [6, 6.07) is 28.7. The van der Waals surface area contributed by atoms with Crippen LogP contribution in [0, 0.1) is 23.3 Å². The summed E-state index contributed by atoms with van der Waals surface area (Å²) < 4.78 is 126. The molecule has 6 rings (SSSR count). The molecule has 0 unspecified atom stereocenters. The highest BCUT2D eigenvalue weighted by atomic mass is 32.2. The van der Waals surface area contributed by atoms with Gasteiger partial charge in [0.25, 0.3) is 0 Å². The molecule has 6 aromatic carbocycles.